The monoisotopic (exact) mass is 293 g/mol. The zero-order chi connectivity index (χ0) is 14.8. The molecule has 1 aromatic heterocycles. The maximum atomic E-state index is 11.1. The molecule has 0 radical (unpaired) electrons. The van der Waals surface area contributed by atoms with E-state index in [-0.39, 0.29) is 29.8 Å². The summed E-state index contributed by atoms with van der Waals surface area (Å²) in [7, 11) is 0. The number of hydrogen-bond acceptors (Lipinski definition) is 7. The first kappa shape index (κ1) is 14.0. The van der Waals surface area contributed by atoms with Crippen LogP contribution in [-0.2, 0) is 4.74 Å². The highest BCUT2D eigenvalue weighted by Gasteiger charge is 2.41. The third-order valence-corrected chi connectivity index (χ3v) is 3.93. The smallest absolute Gasteiger partial charge is 0.329 e. The van der Waals surface area contributed by atoms with Crippen molar-refractivity contribution in [1.29, 1.82) is 0 Å². The molecule has 3 heterocycles. The van der Waals surface area contributed by atoms with E-state index in [9.17, 15) is 10.1 Å². The number of nitrogens with one attached hydrogen (secondary N) is 2. The van der Waals surface area contributed by atoms with Gasteiger partial charge in [-0.1, -0.05) is 6.92 Å². The normalized spacial score (nSPS) is 26.8. The third kappa shape index (κ3) is 2.90. The largest absolute Gasteiger partial charge is 0.373 e. The molecule has 3 rings (SSSR count). The molecular formula is C13H19N5O3. The summed E-state index contributed by atoms with van der Waals surface area (Å²) in [6, 6.07) is 0.0939. The fourth-order valence-electron chi connectivity index (χ4n) is 2.90. The summed E-state index contributed by atoms with van der Waals surface area (Å²) in [6.45, 7) is 2.76. The van der Waals surface area contributed by atoms with E-state index in [1.807, 2.05) is 6.92 Å². The van der Waals surface area contributed by atoms with Crippen LogP contribution in [0.2, 0.25) is 0 Å². The number of hydrogen-bond donors (Lipinski definition) is 2. The minimum atomic E-state index is -0.458. The van der Waals surface area contributed by atoms with Gasteiger partial charge in [0.1, 0.15) is 6.20 Å². The predicted molar refractivity (Wildman–Crippen MR) is 77.4 cm³/mol. The van der Waals surface area contributed by atoms with Gasteiger partial charge in [0.05, 0.1) is 23.2 Å². The van der Waals surface area contributed by atoms with Crippen molar-refractivity contribution in [3.05, 3.63) is 16.3 Å². The Morgan fingerprint density at radius 3 is 3.00 bits per heavy atom. The summed E-state index contributed by atoms with van der Waals surface area (Å²) in [5, 5.41) is 17.3. The highest BCUT2D eigenvalue weighted by molar-refractivity contribution is 5.57. The Morgan fingerprint density at radius 1 is 1.52 bits per heavy atom. The van der Waals surface area contributed by atoms with Crippen molar-refractivity contribution in [3.8, 4) is 0 Å². The molecule has 8 heteroatoms. The first-order valence-electron chi connectivity index (χ1n) is 7.34. The SMILES string of the molecule is CCCNc1ncc([N+](=O)[O-])c(NC2CC3CCC2O3)n1. The maximum absolute atomic E-state index is 11.1. The lowest BCUT2D eigenvalue weighted by molar-refractivity contribution is -0.384. The Hall–Kier alpha value is -1.96. The van der Waals surface area contributed by atoms with Crippen LogP contribution >= 0.6 is 0 Å². The van der Waals surface area contributed by atoms with Gasteiger partial charge in [0.2, 0.25) is 11.8 Å². The number of nitro groups is 1. The van der Waals surface area contributed by atoms with Gasteiger partial charge in [-0.2, -0.15) is 4.98 Å². The van der Waals surface area contributed by atoms with Crippen molar-refractivity contribution in [2.45, 2.75) is 50.9 Å². The lowest BCUT2D eigenvalue weighted by Crippen LogP contribution is -2.31. The average Bonchev–Trinajstić information content (AvgIpc) is 3.07. The molecule has 0 spiro atoms. The van der Waals surface area contributed by atoms with E-state index in [1.54, 1.807) is 0 Å². The minimum absolute atomic E-state index is 0.0939. The van der Waals surface area contributed by atoms with Crippen molar-refractivity contribution in [2.75, 3.05) is 17.2 Å². The summed E-state index contributed by atoms with van der Waals surface area (Å²) in [5.74, 6) is 0.684. The van der Waals surface area contributed by atoms with E-state index in [4.69, 9.17) is 4.74 Å². The molecule has 21 heavy (non-hydrogen) atoms. The van der Waals surface area contributed by atoms with E-state index in [0.29, 0.717) is 5.95 Å². The molecule has 0 amide bonds. The van der Waals surface area contributed by atoms with Crippen LogP contribution in [-0.4, -0.2) is 39.7 Å². The summed E-state index contributed by atoms with van der Waals surface area (Å²) in [6.07, 6.45) is 5.57. The van der Waals surface area contributed by atoms with Crippen LogP contribution in [0.1, 0.15) is 32.6 Å². The van der Waals surface area contributed by atoms with Gasteiger partial charge in [-0.15, -0.1) is 0 Å². The summed E-state index contributed by atoms with van der Waals surface area (Å²) in [4.78, 5) is 18.9. The molecule has 2 aliphatic heterocycles. The summed E-state index contributed by atoms with van der Waals surface area (Å²) >= 11 is 0. The lowest BCUT2D eigenvalue weighted by atomic mass is 9.95. The first-order chi connectivity index (χ1) is 10.2. The molecule has 1 aromatic rings. The molecule has 8 nitrogen and oxygen atoms in total. The lowest BCUT2D eigenvalue weighted by Gasteiger charge is -2.20. The van der Waals surface area contributed by atoms with Gasteiger partial charge in [0.25, 0.3) is 0 Å². The Kier molecular flexibility index (Phi) is 3.87. The van der Waals surface area contributed by atoms with E-state index in [2.05, 4.69) is 20.6 Å². The summed E-state index contributed by atoms with van der Waals surface area (Å²) < 4.78 is 5.76. The molecule has 2 aliphatic rings. The van der Waals surface area contributed by atoms with E-state index in [1.165, 1.54) is 6.20 Å². The molecule has 2 N–H and O–H groups in total. The highest BCUT2D eigenvalue weighted by Crippen LogP contribution is 2.37. The fourth-order valence-corrected chi connectivity index (χ4v) is 2.90. The van der Waals surface area contributed by atoms with Gasteiger partial charge in [0.15, 0.2) is 0 Å². The van der Waals surface area contributed by atoms with Crippen molar-refractivity contribution >= 4 is 17.5 Å². The third-order valence-electron chi connectivity index (χ3n) is 3.93. The topological polar surface area (TPSA) is 102 Å². The van der Waals surface area contributed by atoms with Gasteiger partial charge < -0.3 is 15.4 Å². The van der Waals surface area contributed by atoms with Crippen molar-refractivity contribution in [3.63, 3.8) is 0 Å². The van der Waals surface area contributed by atoms with Crippen LogP contribution in [0, 0.1) is 10.1 Å². The summed E-state index contributed by atoms with van der Waals surface area (Å²) in [5.41, 5.74) is -0.0974. The number of rotatable bonds is 6. The molecule has 114 valence electrons. The predicted octanol–water partition coefficient (Wildman–Crippen LogP) is 1.94. The zero-order valence-electron chi connectivity index (χ0n) is 11.9. The van der Waals surface area contributed by atoms with Crippen LogP contribution in [0.15, 0.2) is 6.20 Å². The Bertz CT molecular complexity index is 539. The molecule has 0 aromatic carbocycles. The van der Waals surface area contributed by atoms with Crippen LogP contribution < -0.4 is 10.6 Å². The standard InChI is InChI=1S/C13H19N5O3/c1-2-5-14-13-15-7-10(18(19)20)12(17-13)16-9-6-8-3-4-11(9)21-8/h7-9,11H,2-6H2,1H3,(H2,14,15,16,17). The molecule has 2 saturated heterocycles. The molecule has 3 unspecified atom stereocenters. The molecule has 2 bridgehead atoms. The molecular weight excluding hydrogens is 274 g/mol. The Morgan fingerprint density at radius 2 is 2.38 bits per heavy atom. The Balaban J connectivity index is 1.78. The van der Waals surface area contributed by atoms with Gasteiger partial charge in [-0.05, 0) is 25.7 Å². The van der Waals surface area contributed by atoms with Gasteiger partial charge >= 0.3 is 5.69 Å². The molecule has 2 fully saturated rings. The van der Waals surface area contributed by atoms with Crippen LogP contribution in [0.25, 0.3) is 0 Å². The average molecular weight is 293 g/mol. The number of anilines is 2. The maximum Gasteiger partial charge on any atom is 0.329 e. The van der Waals surface area contributed by atoms with Crippen molar-refractivity contribution in [2.24, 2.45) is 0 Å². The van der Waals surface area contributed by atoms with Crippen molar-refractivity contribution < 1.29 is 9.66 Å². The number of aromatic nitrogens is 2. The number of fused-ring (bicyclic) bond motifs is 2. The molecule has 0 saturated carbocycles. The van der Waals surface area contributed by atoms with Crippen LogP contribution in [0.4, 0.5) is 17.5 Å². The van der Waals surface area contributed by atoms with Gasteiger partial charge in [0, 0.05) is 6.54 Å². The van der Waals surface area contributed by atoms with Gasteiger partial charge in [-0.25, -0.2) is 4.98 Å². The number of nitrogens with zero attached hydrogens (tertiary/aromatic N) is 3. The second-order valence-corrected chi connectivity index (χ2v) is 5.47. The van der Waals surface area contributed by atoms with Crippen LogP contribution in [0.5, 0.6) is 0 Å². The fraction of sp³-hybridized carbons (Fsp3) is 0.692. The first-order valence-corrected chi connectivity index (χ1v) is 7.34. The second kappa shape index (κ2) is 5.80. The highest BCUT2D eigenvalue weighted by atomic mass is 16.6. The minimum Gasteiger partial charge on any atom is -0.373 e. The molecule has 0 aliphatic carbocycles. The number of ether oxygens (including phenoxy) is 1. The van der Waals surface area contributed by atoms with E-state index >= 15 is 0 Å². The Labute approximate surface area is 122 Å². The van der Waals surface area contributed by atoms with Crippen LogP contribution in [0.3, 0.4) is 0 Å². The van der Waals surface area contributed by atoms with E-state index in [0.717, 1.165) is 32.2 Å². The zero-order valence-corrected chi connectivity index (χ0v) is 11.9. The van der Waals surface area contributed by atoms with Crippen molar-refractivity contribution in [1.82, 2.24) is 9.97 Å². The quantitative estimate of drug-likeness (QED) is 0.610. The van der Waals surface area contributed by atoms with E-state index < -0.39 is 4.92 Å². The molecule has 3 atom stereocenters. The van der Waals surface area contributed by atoms with Gasteiger partial charge in [-0.3, -0.25) is 10.1 Å². The second-order valence-electron chi connectivity index (χ2n) is 5.47.